The van der Waals surface area contributed by atoms with Crippen molar-refractivity contribution in [3.63, 3.8) is 0 Å². The SMILES string of the molecule is CC(C)[C@@H](NC(=O)C1CCN(S(=O)(=O)c2ccc(F)c(F)c2)CC1)c1ccc2c(c1)OCCO2. The largest absolute Gasteiger partial charge is 0.486 e. The Bertz CT molecular complexity index is 1160. The summed E-state index contributed by atoms with van der Waals surface area (Å²) in [4.78, 5) is 12.8. The number of benzene rings is 2. The number of fused-ring (bicyclic) bond motifs is 1. The van der Waals surface area contributed by atoms with Crippen LogP contribution in [0.15, 0.2) is 41.3 Å². The number of carbonyl (C=O) groups is 1. The Labute approximate surface area is 198 Å². The van der Waals surface area contributed by atoms with Gasteiger partial charge in [0.05, 0.1) is 10.9 Å². The zero-order valence-corrected chi connectivity index (χ0v) is 19.9. The standard InChI is InChI=1S/C24H28F2N2O5S/c1-15(2)23(17-3-6-21-22(13-17)33-12-11-32-21)27-24(29)16-7-9-28(10-8-16)34(30,31)18-4-5-19(25)20(26)14-18/h3-6,13-16,23H,7-12H2,1-2H3,(H,27,29)/t23-/m1/s1. The molecule has 0 spiro atoms. The van der Waals surface area contributed by atoms with Crippen LogP contribution in [0.4, 0.5) is 8.78 Å². The smallest absolute Gasteiger partial charge is 0.243 e. The zero-order chi connectivity index (χ0) is 24.5. The molecule has 1 N–H and O–H groups in total. The first-order valence-corrected chi connectivity index (χ1v) is 12.8. The van der Waals surface area contributed by atoms with Crippen molar-refractivity contribution in [2.75, 3.05) is 26.3 Å². The van der Waals surface area contributed by atoms with Crippen LogP contribution in [-0.4, -0.2) is 44.9 Å². The number of piperidine rings is 1. The fraction of sp³-hybridized carbons (Fsp3) is 0.458. The molecule has 0 bridgehead atoms. The summed E-state index contributed by atoms with van der Waals surface area (Å²) in [5.41, 5.74) is 0.908. The van der Waals surface area contributed by atoms with Gasteiger partial charge < -0.3 is 14.8 Å². The van der Waals surface area contributed by atoms with E-state index in [1.54, 1.807) is 0 Å². The Balaban J connectivity index is 1.41. The summed E-state index contributed by atoms with van der Waals surface area (Å²) in [6, 6.07) is 7.93. The minimum atomic E-state index is -3.97. The van der Waals surface area contributed by atoms with E-state index in [9.17, 15) is 22.0 Å². The molecular formula is C24H28F2N2O5S. The Morgan fingerprint density at radius 1 is 1.00 bits per heavy atom. The predicted octanol–water partition coefficient (Wildman–Crippen LogP) is 3.65. The maximum atomic E-state index is 13.5. The Morgan fingerprint density at radius 2 is 1.68 bits per heavy atom. The van der Waals surface area contributed by atoms with Crippen LogP contribution >= 0.6 is 0 Å². The van der Waals surface area contributed by atoms with E-state index in [2.05, 4.69) is 5.32 Å². The lowest BCUT2D eigenvalue weighted by Gasteiger charge is -2.32. The lowest BCUT2D eigenvalue weighted by molar-refractivity contribution is -0.127. The first kappa shape index (κ1) is 24.4. The van der Waals surface area contributed by atoms with Crippen LogP contribution in [0.5, 0.6) is 11.5 Å². The number of nitrogens with zero attached hydrogens (tertiary/aromatic N) is 1. The second-order valence-electron chi connectivity index (χ2n) is 8.89. The number of sulfonamides is 1. The molecule has 1 amide bonds. The molecule has 0 aromatic heterocycles. The fourth-order valence-corrected chi connectivity index (χ4v) is 5.79. The molecule has 2 aliphatic heterocycles. The van der Waals surface area contributed by atoms with E-state index < -0.39 is 21.7 Å². The van der Waals surface area contributed by atoms with Crippen molar-refractivity contribution in [1.29, 1.82) is 0 Å². The molecule has 1 atom stereocenters. The second kappa shape index (κ2) is 9.87. The van der Waals surface area contributed by atoms with E-state index in [1.165, 1.54) is 4.31 Å². The summed E-state index contributed by atoms with van der Waals surface area (Å²) < 4.78 is 64.8. The minimum absolute atomic E-state index is 0.111. The van der Waals surface area contributed by atoms with Crippen LogP contribution in [0.3, 0.4) is 0 Å². The van der Waals surface area contributed by atoms with E-state index in [4.69, 9.17) is 9.47 Å². The average Bonchev–Trinajstić information content (AvgIpc) is 2.83. The highest BCUT2D eigenvalue weighted by Gasteiger charge is 2.33. The number of rotatable bonds is 6. The van der Waals surface area contributed by atoms with E-state index in [1.807, 2.05) is 32.0 Å². The highest BCUT2D eigenvalue weighted by Crippen LogP contribution is 2.35. The Kier molecular flexibility index (Phi) is 7.09. The van der Waals surface area contributed by atoms with Crippen LogP contribution in [0, 0.1) is 23.5 Å². The van der Waals surface area contributed by atoms with Gasteiger partial charge in [0.2, 0.25) is 15.9 Å². The molecular weight excluding hydrogens is 466 g/mol. The molecule has 0 aliphatic carbocycles. The highest BCUT2D eigenvalue weighted by molar-refractivity contribution is 7.89. The molecule has 0 saturated carbocycles. The Hall–Kier alpha value is -2.72. The van der Waals surface area contributed by atoms with E-state index in [0.717, 1.165) is 17.7 Å². The van der Waals surface area contributed by atoms with E-state index in [0.29, 0.717) is 43.6 Å². The quantitative estimate of drug-likeness (QED) is 0.663. The summed E-state index contributed by atoms with van der Waals surface area (Å²) in [7, 11) is -3.97. The van der Waals surface area contributed by atoms with Gasteiger partial charge >= 0.3 is 0 Å². The third-order valence-corrected chi connectivity index (χ3v) is 8.14. The number of halogens is 2. The molecule has 4 rings (SSSR count). The lowest BCUT2D eigenvalue weighted by atomic mass is 9.92. The second-order valence-corrected chi connectivity index (χ2v) is 10.8. The van der Waals surface area contributed by atoms with Gasteiger partial charge in [0.25, 0.3) is 0 Å². The van der Waals surface area contributed by atoms with Gasteiger partial charge in [0.1, 0.15) is 13.2 Å². The summed E-state index contributed by atoms with van der Waals surface area (Å²) in [6.07, 6.45) is 0.668. The molecule has 7 nitrogen and oxygen atoms in total. The zero-order valence-electron chi connectivity index (χ0n) is 19.1. The maximum Gasteiger partial charge on any atom is 0.243 e. The molecule has 2 aliphatic rings. The topological polar surface area (TPSA) is 84.9 Å². The molecule has 10 heteroatoms. The first-order chi connectivity index (χ1) is 16.2. The molecule has 1 fully saturated rings. The van der Waals surface area contributed by atoms with Gasteiger partial charge in [-0.3, -0.25) is 4.79 Å². The number of hydrogen-bond donors (Lipinski definition) is 1. The predicted molar refractivity (Wildman–Crippen MR) is 121 cm³/mol. The summed E-state index contributed by atoms with van der Waals surface area (Å²) in [5.74, 6) is -1.37. The minimum Gasteiger partial charge on any atom is -0.486 e. The lowest BCUT2D eigenvalue weighted by Crippen LogP contribution is -2.44. The van der Waals surface area contributed by atoms with Crippen molar-refractivity contribution in [2.24, 2.45) is 11.8 Å². The third-order valence-electron chi connectivity index (χ3n) is 6.24. The molecule has 2 heterocycles. The number of amides is 1. The van der Waals surface area contributed by atoms with E-state index >= 15 is 0 Å². The van der Waals surface area contributed by atoms with Crippen LogP contribution in [0.25, 0.3) is 0 Å². The summed E-state index contributed by atoms with van der Waals surface area (Å²) >= 11 is 0. The number of carbonyl (C=O) groups excluding carboxylic acids is 1. The first-order valence-electron chi connectivity index (χ1n) is 11.3. The van der Waals surface area contributed by atoms with Crippen molar-refractivity contribution in [2.45, 2.75) is 37.6 Å². The van der Waals surface area contributed by atoms with Gasteiger partial charge in [-0.05, 0) is 54.7 Å². The van der Waals surface area contributed by atoms with Gasteiger partial charge in [0.15, 0.2) is 23.1 Å². The van der Waals surface area contributed by atoms with Crippen molar-refractivity contribution in [1.82, 2.24) is 9.62 Å². The molecule has 0 unspecified atom stereocenters. The number of nitrogens with one attached hydrogen (secondary N) is 1. The fourth-order valence-electron chi connectivity index (χ4n) is 4.30. The molecule has 0 radical (unpaired) electrons. The van der Waals surface area contributed by atoms with Gasteiger partial charge in [-0.2, -0.15) is 4.31 Å². The van der Waals surface area contributed by atoms with Crippen molar-refractivity contribution < 1.29 is 31.5 Å². The molecule has 2 aromatic rings. The Morgan fingerprint density at radius 3 is 2.32 bits per heavy atom. The number of hydrogen-bond acceptors (Lipinski definition) is 5. The average molecular weight is 495 g/mol. The van der Waals surface area contributed by atoms with Crippen molar-refractivity contribution >= 4 is 15.9 Å². The molecule has 2 aromatic carbocycles. The third kappa shape index (κ3) is 5.02. The van der Waals surface area contributed by atoms with Gasteiger partial charge in [-0.1, -0.05) is 19.9 Å². The normalized spacial score (nSPS) is 18.0. The van der Waals surface area contributed by atoms with Crippen LogP contribution in [-0.2, 0) is 14.8 Å². The molecule has 1 saturated heterocycles. The van der Waals surface area contributed by atoms with Crippen LogP contribution in [0.1, 0.15) is 38.3 Å². The molecule has 34 heavy (non-hydrogen) atoms. The summed E-state index contributed by atoms with van der Waals surface area (Å²) in [6.45, 7) is 5.24. The monoisotopic (exact) mass is 494 g/mol. The van der Waals surface area contributed by atoms with E-state index in [-0.39, 0.29) is 41.8 Å². The van der Waals surface area contributed by atoms with Gasteiger partial charge in [-0.25, -0.2) is 17.2 Å². The molecule has 184 valence electrons. The van der Waals surface area contributed by atoms with Gasteiger partial charge in [-0.15, -0.1) is 0 Å². The van der Waals surface area contributed by atoms with Crippen LogP contribution in [0.2, 0.25) is 0 Å². The summed E-state index contributed by atoms with van der Waals surface area (Å²) in [5, 5.41) is 3.11. The van der Waals surface area contributed by atoms with Crippen LogP contribution < -0.4 is 14.8 Å². The highest BCUT2D eigenvalue weighted by atomic mass is 32.2. The van der Waals surface area contributed by atoms with Crippen molar-refractivity contribution in [3.8, 4) is 11.5 Å². The number of ether oxygens (including phenoxy) is 2. The van der Waals surface area contributed by atoms with Crippen molar-refractivity contribution in [3.05, 3.63) is 53.6 Å². The maximum absolute atomic E-state index is 13.5. The van der Waals surface area contributed by atoms with Gasteiger partial charge in [0, 0.05) is 19.0 Å².